The summed E-state index contributed by atoms with van der Waals surface area (Å²) in [5.74, 6) is 2.22. The Labute approximate surface area is 166 Å². The van der Waals surface area contributed by atoms with Crippen LogP contribution >= 0.6 is 0 Å². The first-order chi connectivity index (χ1) is 13.6. The van der Waals surface area contributed by atoms with Crippen LogP contribution in [0.5, 0.6) is 11.5 Å². The molecule has 1 fully saturated rings. The first-order valence-electron chi connectivity index (χ1n) is 9.90. The molecule has 0 bridgehead atoms. The molecule has 5 heteroatoms. The van der Waals surface area contributed by atoms with Crippen molar-refractivity contribution in [2.75, 3.05) is 44.9 Å². The van der Waals surface area contributed by atoms with Gasteiger partial charge in [0, 0.05) is 36.3 Å². The fourth-order valence-corrected chi connectivity index (χ4v) is 4.07. The number of anilines is 1. The molecule has 4 rings (SSSR count). The Balaban J connectivity index is 1.57. The molecule has 0 unspecified atom stereocenters. The molecule has 0 aromatic heterocycles. The topological polar surface area (TPSA) is 48.0 Å². The van der Waals surface area contributed by atoms with Crippen molar-refractivity contribution < 1.29 is 19.0 Å². The second-order valence-electron chi connectivity index (χ2n) is 7.56. The third-order valence-corrected chi connectivity index (χ3v) is 5.60. The van der Waals surface area contributed by atoms with E-state index in [-0.39, 0.29) is 5.78 Å². The van der Waals surface area contributed by atoms with Crippen molar-refractivity contribution in [3.63, 3.8) is 0 Å². The van der Waals surface area contributed by atoms with Gasteiger partial charge in [0.05, 0.1) is 26.9 Å². The predicted molar refractivity (Wildman–Crippen MR) is 109 cm³/mol. The molecule has 0 spiro atoms. The molecule has 28 heavy (non-hydrogen) atoms. The van der Waals surface area contributed by atoms with Crippen molar-refractivity contribution in [1.29, 1.82) is 0 Å². The van der Waals surface area contributed by atoms with E-state index in [1.165, 1.54) is 16.8 Å². The minimum Gasteiger partial charge on any atom is -0.497 e. The highest BCUT2D eigenvalue weighted by atomic mass is 16.5. The smallest absolute Gasteiger partial charge is 0.159 e. The van der Waals surface area contributed by atoms with Crippen LogP contribution in [0.2, 0.25) is 0 Å². The highest BCUT2D eigenvalue weighted by Gasteiger charge is 2.24. The molecule has 2 heterocycles. The lowest BCUT2D eigenvalue weighted by Crippen LogP contribution is -2.37. The van der Waals surface area contributed by atoms with Crippen LogP contribution < -0.4 is 14.4 Å². The number of benzene rings is 2. The largest absolute Gasteiger partial charge is 0.497 e. The van der Waals surface area contributed by atoms with E-state index in [2.05, 4.69) is 23.1 Å². The molecule has 5 nitrogen and oxygen atoms in total. The summed E-state index contributed by atoms with van der Waals surface area (Å²) in [5, 5.41) is 0. The molecule has 1 saturated heterocycles. The van der Waals surface area contributed by atoms with Gasteiger partial charge < -0.3 is 19.1 Å². The summed E-state index contributed by atoms with van der Waals surface area (Å²) < 4.78 is 16.8. The highest BCUT2D eigenvalue weighted by Crippen LogP contribution is 2.34. The quantitative estimate of drug-likeness (QED) is 0.742. The van der Waals surface area contributed by atoms with Crippen molar-refractivity contribution >= 4 is 11.5 Å². The van der Waals surface area contributed by atoms with Gasteiger partial charge in [-0.05, 0) is 55.2 Å². The number of ether oxygens (including phenoxy) is 3. The summed E-state index contributed by atoms with van der Waals surface area (Å²) in [7, 11) is 1.67. The van der Waals surface area contributed by atoms with Gasteiger partial charge in [-0.2, -0.15) is 0 Å². The Morgan fingerprint density at radius 1 is 1.18 bits per heavy atom. The van der Waals surface area contributed by atoms with E-state index in [9.17, 15) is 4.79 Å². The molecule has 2 aliphatic heterocycles. The van der Waals surface area contributed by atoms with Gasteiger partial charge in [0.1, 0.15) is 11.5 Å². The first kappa shape index (κ1) is 18.8. The highest BCUT2D eigenvalue weighted by molar-refractivity contribution is 5.94. The Morgan fingerprint density at radius 2 is 2.00 bits per heavy atom. The van der Waals surface area contributed by atoms with Gasteiger partial charge >= 0.3 is 0 Å². The van der Waals surface area contributed by atoms with Crippen LogP contribution in [0, 0.1) is 5.92 Å². The minimum absolute atomic E-state index is 0.104. The number of carbonyl (C=O) groups excluding carboxylic acids is 1. The maximum absolute atomic E-state index is 11.9. The van der Waals surface area contributed by atoms with Gasteiger partial charge in [-0.25, -0.2) is 0 Å². The van der Waals surface area contributed by atoms with Crippen LogP contribution in [0.15, 0.2) is 36.4 Å². The third-order valence-electron chi connectivity index (χ3n) is 5.60. The number of methoxy groups -OCH3 is 1. The average molecular weight is 381 g/mol. The van der Waals surface area contributed by atoms with Crippen LogP contribution in [-0.2, 0) is 17.6 Å². The molecule has 0 amide bonds. The van der Waals surface area contributed by atoms with Crippen molar-refractivity contribution in [3.8, 4) is 11.5 Å². The van der Waals surface area contributed by atoms with Crippen molar-refractivity contribution in [1.82, 2.24) is 0 Å². The number of hydrogen-bond acceptors (Lipinski definition) is 5. The first-order valence-corrected chi connectivity index (χ1v) is 9.90. The normalized spacial score (nSPS) is 18.9. The summed E-state index contributed by atoms with van der Waals surface area (Å²) in [6.07, 6.45) is 1.85. The third kappa shape index (κ3) is 3.99. The van der Waals surface area contributed by atoms with Crippen LogP contribution in [0.3, 0.4) is 0 Å². The van der Waals surface area contributed by atoms with Crippen molar-refractivity contribution in [2.24, 2.45) is 5.92 Å². The lowest BCUT2D eigenvalue weighted by Gasteiger charge is -2.32. The molecule has 0 saturated carbocycles. The molecular weight excluding hydrogens is 354 g/mol. The molecule has 2 aliphatic rings. The second-order valence-corrected chi connectivity index (χ2v) is 7.56. The number of Topliss-reactive ketones (excluding diaryl/α,β-unsaturated/α-hetero) is 1. The van der Waals surface area contributed by atoms with Gasteiger partial charge in [-0.3, -0.25) is 4.79 Å². The fourth-order valence-electron chi connectivity index (χ4n) is 4.07. The van der Waals surface area contributed by atoms with E-state index in [0.717, 1.165) is 56.2 Å². The average Bonchev–Trinajstić information content (AvgIpc) is 2.74. The zero-order chi connectivity index (χ0) is 19.5. The van der Waals surface area contributed by atoms with Crippen molar-refractivity contribution in [3.05, 3.63) is 53.1 Å². The fraction of sp³-hybridized carbons (Fsp3) is 0.435. The second kappa shape index (κ2) is 8.23. The van der Waals surface area contributed by atoms with Gasteiger partial charge in [-0.15, -0.1) is 0 Å². The Morgan fingerprint density at radius 3 is 2.75 bits per heavy atom. The summed E-state index contributed by atoms with van der Waals surface area (Å²) in [6.45, 7) is 5.56. The lowest BCUT2D eigenvalue weighted by molar-refractivity contribution is 0.101. The van der Waals surface area contributed by atoms with E-state index < -0.39 is 0 Å². The van der Waals surface area contributed by atoms with Crippen LogP contribution in [-0.4, -0.2) is 45.8 Å². The van der Waals surface area contributed by atoms with Gasteiger partial charge in [0.2, 0.25) is 0 Å². The van der Waals surface area contributed by atoms with E-state index in [1.807, 2.05) is 18.2 Å². The molecule has 2 aromatic carbocycles. The lowest BCUT2D eigenvalue weighted by atomic mass is 9.89. The number of carbonyl (C=O) groups is 1. The van der Waals surface area contributed by atoms with E-state index in [1.54, 1.807) is 14.0 Å². The maximum atomic E-state index is 11.9. The molecule has 2 aromatic rings. The monoisotopic (exact) mass is 381 g/mol. The maximum Gasteiger partial charge on any atom is 0.159 e. The van der Waals surface area contributed by atoms with Gasteiger partial charge in [0.25, 0.3) is 0 Å². The summed E-state index contributed by atoms with van der Waals surface area (Å²) in [5.41, 5.74) is 4.43. The number of hydrogen-bond donors (Lipinski definition) is 0. The van der Waals surface area contributed by atoms with Crippen LogP contribution in [0.4, 0.5) is 5.69 Å². The molecule has 0 aliphatic carbocycles. The molecular formula is C23H27NO4. The number of nitrogens with zero attached hydrogens (tertiary/aromatic N) is 1. The summed E-state index contributed by atoms with van der Waals surface area (Å²) >= 11 is 0. The molecule has 1 atom stereocenters. The van der Waals surface area contributed by atoms with E-state index in [0.29, 0.717) is 12.5 Å². The van der Waals surface area contributed by atoms with Gasteiger partial charge in [0.15, 0.2) is 5.78 Å². The SMILES string of the molecule is COc1ccc2c(c1)OC[C@@H](Cc1cc(C(C)=O)ccc1N1CCOCC1)C2. The van der Waals surface area contributed by atoms with Crippen LogP contribution in [0.1, 0.15) is 28.4 Å². The molecule has 148 valence electrons. The van der Waals surface area contributed by atoms with Crippen molar-refractivity contribution in [2.45, 2.75) is 19.8 Å². The van der Waals surface area contributed by atoms with E-state index in [4.69, 9.17) is 14.2 Å². The standard InChI is InChI=1S/C23H27NO4/c1-16(25)18-4-6-22(24-7-9-27-10-8-24)20(13-18)12-17-11-19-3-5-21(26-2)14-23(19)28-15-17/h3-6,13-14,17H,7-12,15H2,1-2H3/t17-/m1/s1. The summed E-state index contributed by atoms with van der Waals surface area (Å²) in [4.78, 5) is 14.3. The predicted octanol–water partition coefficient (Wildman–Crippen LogP) is 3.53. The molecule has 0 N–H and O–H groups in total. The van der Waals surface area contributed by atoms with Crippen LogP contribution in [0.25, 0.3) is 0 Å². The Bertz CT molecular complexity index is 858. The van der Waals surface area contributed by atoms with E-state index >= 15 is 0 Å². The van der Waals surface area contributed by atoms with Gasteiger partial charge in [-0.1, -0.05) is 6.07 Å². The number of ketones is 1. The summed E-state index contributed by atoms with van der Waals surface area (Å²) in [6, 6.07) is 12.1. The zero-order valence-electron chi connectivity index (χ0n) is 16.6. The minimum atomic E-state index is 0.104. The Hall–Kier alpha value is -2.53. The number of morpholine rings is 1. The number of rotatable bonds is 5. The molecule has 0 radical (unpaired) electrons. The Kier molecular flexibility index (Phi) is 5.53. The zero-order valence-corrected chi connectivity index (χ0v) is 16.6. The number of fused-ring (bicyclic) bond motifs is 1.